The fraction of sp³-hybridized carbons (Fsp3) is 0.0769. The van der Waals surface area contributed by atoms with Gasteiger partial charge in [-0.3, -0.25) is 14.9 Å². The molecule has 24 heavy (non-hydrogen) atoms. The molecule has 126 valence electrons. The summed E-state index contributed by atoms with van der Waals surface area (Å²) in [5.41, 5.74) is 2.23. The van der Waals surface area contributed by atoms with E-state index < -0.39 is 22.9 Å². The molecule has 1 aromatic heterocycles. The molecule has 0 unspecified atom stereocenters. The van der Waals surface area contributed by atoms with Crippen LogP contribution in [0.15, 0.2) is 41.5 Å². The van der Waals surface area contributed by atoms with E-state index in [2.05, 4.69) is 15.3 Å². The zero-order chi connectivity index (χ0) is 17.7. The molecule has 0 aliphatic heterocycles. The molecule has 0 atom stereocenters. The van der Waals surface area contributed by atoms with E-state index in [0.717, 1.165) is 35.6 Å². The Hall–Kier alpha value is -2.95. The van der Waals surface area contributed by atoms with Crippen molar-refractivity contribution in [1.82, 2.24) is 5.43 Å². The summed E-state index contributed by atoms with van der Waals surface area (Å²) in [6, 6.07) is 7.03. The van der Waals surface area contributed by atoms with Crippen LogP contribution in [0.4, 0.5) is 18.2 Å². The van der Waals surface area contributed by atoms with Crippen LogP contribution in [-0.4, -0.2) is 23.4 Å². The summed E-state index contributed by atoms with van der Waals surface area (Å²) in [5.74, 6) is -1.11. The van der Waals surface area contributed by atoms with E-state index in [0.29, 0.717) is 4.88 Å². The van der Waals surface area contributed by atoms with Gasteiger partial charge in [-0.05, 0) is 30.3 Å². The maximum atomic E-state index is 12.0. The second kappa shape index (κ2) is 7.08. The van der Waals surface area contributed by atoms with Gasteiger partial charge in [0, 0.05) is 11.6 Å². The Kier molecular flexibility index (Phi) is 5.14. The number of benzene rings is 1. The minimum absolute atomic E-state index is 0.0666. The molecule has 0 saturated heterocycles. The molecule has 1 heterocycles. The van der Waals surface area contributed by atoms with E-state index in [1.54, 1.807) is 0 Å². The van der Waals surface area contributed by atoms with Crippen molar-refractivity contribution in [3.05, 3.63) is 57.0 Å². The van der Waals surface area contributed by atoms with Crippen LogP contribution in [0.1, 0.15) is 15.2 Å². The first-order valence-electron chi connectivity index (χ1n) is 6.18. The number of nitro groups is 1. The van der Waals surface area contributed by atoms with Crippen molar-refractivity contribution in [2.75, 3.05) is 0 Å². The van der Waals surface area contributed by atoms with Crippen LogP contribution >= 0.6 is 11.3 Å². The first-order chi connectivity index (χ1) is 11.2. The first kappa shape index (κ1) is 17.4. The number of rotatable bonds is 5. The van der Waals surface area contributed by atoms with Gasteiger partial charge in [0.1, 0.15) is 5.75 Å². The first-order valence-corrected chi connectivity index (χ1v) is 7.00. The molecule has 11 heteroatoms. The topological polar surface area (TPSA) is 93.8 Å². The van der Waals surface area contributed by atoms with Gasteiger partial charge in [-0.2, -0.15) is 5.10 Å². The molecule has 2 rings (SSSR count). The van der Waals surface area contributed by atoms with E-state index >= 15 is 0 Å². The van der Waals surface area contributed by atoms with Gasteiger partial charge < -0.3 is 4.74 Å². The highest BCUT2D eigenvalue weighted by Crippen LogP contribution is 2.23. The standard InChI is InChI=1S/C13H8F3N3O4S/c14-13(15,16)23-9-3-1-8(2-4-9)12(20)18-17-7-10-5-6-11(24-10)19(21)22/h1-7H,(H,18,20). The van der Waals surface area contributed by atoms with Gasteiger partial charge in [0.05, 0.1) is 16.0 Å². The van der Waals surface area contributed by atoms with Gasteiger partial charge in [0.25, 0.3) is 5.91 Å². The van der Waals surface area contributed by atoms with Crippen molar-refractivity contribution >= 4 is 28.5 Å². The van der Waals surface area contributed by atoms with Crippen LogP contribution in [0, 0.1) is 10.1 Å². The van der Waals surface area contributed by atoms with Crippen LogP contribution in [0.2, 0.25) is 0 Å². The molecule has 0 saturated carbocycles. The predicted molar refractivity (Wildman–Crippen MR) is 79.2 cm³/mol. The molecular formula is C13H8F3N3O4S. The Labute approximate surface area is 136 Å². The maximum absolute atomic E-state index is 12.0. The lowest BCUT2D eigenvalue weighted by atomic mass is 10.2. The number of amides is 1. The molecule has 0 fully saturated rings. The third-order valence-corrected chi connectivity index (χ3v) is 3.47. The summed E-state index contributed by atoms with van der Waals surface area (Å²) in [6.07, 6.45) is -3.59. The second-order valence-electron chi connectivity index (χ2n) is 4.20. The van der Waals surface area contributed by atoms with Crippen molar-refractivity contribution in [1.29, 1.82) is 0 Å². The molecule has 1 N–H and O–H groups in total. The Balaban J connectivity index is 1.94. The average molecular weight is 359 g/mol. The smallest absolute Gasteiger partial charge is 0.406 e. The molecule has 0 bridgehead atoms. The van der Waals surface area contributed by atoms with E-state index in [-0.39, 0.29) is 10.6 Å². The third kappa shape index (κ3) is 5.05. The molecule has 1 aromatic carbocycles. The van der Waals surface area contributed by atoms with Gasteiger partial charge >= 0.3 is 11.4 Å². The Morgan fingerprint density at radius 3 is 2.46 bits per heavy atom. The third-order valence-electron chi connectivity index (χ3n) is 2.50. The number of thiophene rings is 1. The summed E-state index contributed by atoms with van der Waals surface area (Å²) in [5, 5.41) is 14.1. The van der Waals surface area contributed by atoms with Crippen LogP contribution in [0.25, 0.3) is 0 Å². The summed E-state index contributed by atoms with van der Waals surface area (Å²) < 4.78 is 39.7. The van der Waals surface area contributed by atoms with E-state index in [1.165, 1.54) is 18.3 Å². The predicted octanol–water partition coefficient (Wildman–Crippen LogP) is 3.32. The van der Waals surface area contributed by atoms with E-state index in [9.17, 15) is 28.1 Å². The minimum Gasteiger partial charge on any atom is -0.406 e. The number of halogens is 3. The summed E-state index contributed by atoms with van der Waals surface area (Å²) >= 11 is 0.873. The number of hydrazone groups is 1. The number of nitrogens with zero attached hydrogens (tertiary/aromatic N) is 2. The molecule has 0 spiro atoms. The zero-order valence-electron chi connectivity index (χ0n) is 11.6. The Morgan fingerprint density at radius 1 is 1.25 bits per heavy atom. The van der Waals surface area contributed by atoms with Crippen LogP contribution in [0.5, 0.6) is 5.75 Å². The van der Waals surface area contributed by atoms with Crippen molar-refractivity contribution < 1.29 is 27.6 Å². The van der Waals surface area contributed by atoms with Crippen molar-refractivity contribution in [3.8, 4) is 5.75 Å². The highest BCUT2D eigenvalue weighted by atomic mass is 32.1. The summed E-state index contributed by atoms with van der Waals surface area (Å²) in [4.78, 5) is 22.2. The number of carbonyl (C=O) groups is 1. The van der Waals surface area contributed by atoms with Gasteiger partial charge in [-0.25, -0.2) is 5.43 Å². The zero-order valence-corrected chi connectivity index (χ0v) is 12.4. The highest BCUT2D eigenvalue weighted by Gasteiger charge is 2.31. The van der Waals surface area contributed by atoms with Crippen LogP contribution in [-0.2, 0) is 0 Å². The fourth-order valence-corrected chi connectivity index (χ4v) is 2.23. The second-order valence-corrected chi connectivity index (χ2v) is 5.30. The highest BCUT2D eigenvalue weighted by molar-refractivity contribution is 7.16. The largest absolute Gasteiger partial charge is 0.573 e. The van der Waals surface area contributed by atoms with Crippen LogP contribution in [0.3, 0.4) is 0 Å². The lowest BCUT2D eigenvalue weighted by Crippen LogP contribution is -2.18. The quantitative estimate of drug-likeness (QED) is 0.503. The Bertz CT molecular complexity index is 772. The van der Waals surface area contributed by atoms with E-state index in [4.69, 9.17) is 0 Å². The molecule has 7 nitrogen and oxygen atoms in total. The SMILES string of the molecule is O=C(NN=Cc1ccc([N+](=O)[O-])s1)c1ccc(OC(F)(F)F)cc1. The fourth-order valence-electron chi connectivity index (χ4n) is 1.54. The Morgan fingerprint density at radius 2 is 1.92 bits per heavy atom. The van der Waals surface area contributed by atoms with Crippen molar-refractivity contribution in [2.45, 2.75) is 6.36 Å². The average Bonchev–Trinajstić information content (AvgIpc) is 2.95. The number of nitrogens with one attached hydrogen (secondary N) is 1. The van der Waals surface area contributed by atoms with Crippen molar-refractivity contribution in [2.24, 2.45) is 5.10 Å². The maximum Gasteiger partial charge on any atom is 0.573 e. The van der Waals surface area contributed by atoms with Crippen molar-refractivity contribution in [3.63, 3.8) is 0 Å². The number of hydrogen-bond donors (Lipinski definition) is 1. The van der Waals surface area contributed by atoms with Gasteiger partial charge in [-0.1, -0.05) is 11.3 Å². The number of carbonyl (C=O) groups excluding carboxylic acids is 1. The molecule has 0 aliphatic carbocycles. The molecule has 0 radical (unpaired) electrons. The lowest BCUT2D eigenvalue weighted by Gasteiger charge is -2.08. The van der Waals surface area contributed by atoms with Gasteiger partial charge in [0.15, 0.2) is 0 Å². The summed E-state index contributed by atoms with van der Waals surface area (Å²) in [6.45, 7) is 0. The van der Waals surface area contributed by atoms with E-state index in [1.807, 2.05) is 0 Å². The lowest BCUT2D eigenvalue weighted by molar-refractivity contribution is -0.380. The number of alkyl halides is 3. The molecule has 0 aliphatic rings. The summed E-state index contributed by atoms with van der Waals surface area (Å²) in [7, 11) is 0. The number of ether oxygens (including phenoxy) is 1. The minimum atomic E-state index is -4.81. The molecule has 2 aromatic rings. The molecular weight excluding hydrogens is 351 g/mol. The van der Waals surface area contributed by atoms with Crippen LogP contribution < -0.4 is 10.2 Å². The monoisotopic (exact) mass is 359 g/mol. The molecule has 1 amide bonds. The number of hydrogen-bond acceptors (Lipinski definition) is 6. The van der Waals surface area contributed by atoms with Gasteiger partial charge in [0.2, 0.25) is 0 Å². The van der Waals surface area contributed by atoms with Gasteiger partial charge in [-0.15, -0.1) is 13.2 Å². The normalized spacial score (nSPS) is 11.5.